The van der Waals surface area contributed by atoms with Gasteiger partial charge in [-0.25, -0.2) is 12.7 Å². The first-order chi connectivity index (χ1) is 12.8. The number of hydrogen-bond donors (Lipinski definition) is 0. The Morgan fingerprint density at radius 2 is 1.74 bits per heavy atom. The van der Waals surface area contributed by atoms with Gasteiger partial charge in [0.15, 0.2) is 0 Å². The zero-order valence-corrected chi connectivity index (χ0v) is 17.9. The number of likely N-dealkylation sites (tertiary alicyclic amines) is 1. The van der Waals surface area contributed by atoms with E-state index in [1.807, 2.05) is 4.90 Å². The number of carbonyl (C=O) groups is 1. The summed E-state index contributed by atoms with van der Waals surface area (Å²) < 4.78 is 27.3. The van der Waals surface area contributed by atoms with Crippen molar-refractivity contribution < 1.29 is 13.2 Å². The number of piperidine rings is 2. The number of amides is 1. The van der Waals surface area contributed by atoms with Crippen molar-refractivity contribution in [2.75, 3.05) is 26.2 Å². The van der Waals surface area contributed by atoms with Crippen LogP contribution in [0.25, 0.3) is 0 Å². The van der Waals surface area contributed by atoms with Gasteiger partial charge in [0.05, 0.1) is 11.7 Å². The molecule has 0 saturated carbocycles. The van der Waals surface area contributed by atoms with Gasteiger partial charge in [-0.2, -0.15) is 0 Å². The molecule has 1 atom stereocenters. The Balaban J connectivity index is 1.68. The molecule has 150 valence electrons. The second-order valence-corrected chi connectivity index (χ2v) is 10.4. The minimum Gasteiger partial charge on any atom is -0.342 e. The molecule has 0 spiro atoms. The van der Waals surface area contributed by atoms with Crippen molar-refractivity contribution in [3.05, 3.63) is 33.8 Å². The molecule has 3 rings (SSSR count). The Kier molecular flexibility index (Phi) is 6.72. The van der Waals surface area contributed by atoms with Crippen molar-refractivity contribution >= 4 is 39.1 Å². The molecule has 2 saturated heterocycles. The zero-order chi connectivity index (χ0) is 19.6. The monoisotopic (exact) mass is 432 g/mol. The van der Waals surface area contributed by atoms with Gasteiger partial charge in [-0.1, -0.05) is 36.2 Å². The van der Waals surface area contributed by atoms with Crippen LogP contribution < -0.4 is 0 Å². The summed E-state index contributed by atoms with van der Waals surface area (Å²) in [5, 5.41) is 0.691. The third-order valence-electron chi connectivity index (χ3n) is 5.61. The van der Waals surface area contributed by atoms with Gasteiger partial charge < -0.3 is 4.90 Å². The van der Waals surface area contributed by atoms with Crippen molar-refractivity contribution in [1.29, 1.82) is 0 Å². The molecule has 2 heterocycles. The first-order valence-corrected chi connectivity index (χ1v) is 11.8. The van der Waals surface area contributed by atoms with Crippen molar-refractivity contribution in [2.45, 2.75) is 38.4 Å². The molecule has 1 aromatic rings. The van der Waals surface area contributed by atoms with E-state index in [-0.39, 0.29) is 24.1 Å². The molecule has 1 amide bonds. The van der Waals surface area contributed by atoms with Gasteiger partial charge in [0.25, 0.3) is 0 Å². The number of sulfonamides is 1. The Labute approximate surface area is 171 Å². The summed E-state index contributed by atoms with van der Waals surface area (Å²) in [4.78, 5) is 14.8. The van der Waals surface area contributed by atoms with Gasteiger partial charge in [0.1, 0.15) is 0 Å². The highest BCUT2D eigenvalue weighted by atomic mass is 35.5. The van der Waals surface area contributed by atoms with E-state index in [0.29, 0.717) is 34.5 Å². The molecule has 0 radical (unpaired) electrons. The van der Waals surface area contributed by atoms with Gasteiger partial charge >= 0.3 is 0 Å². The molecule has 0 aliphatic carbocycles. The quantitative estimate of drug-likeness (QED) is 0.726. The van der Waals surface area contributed by atoms with E-state index in [9.17, 15) is 13.2 Å². The van der Waals surface area contributed by atoms with Crippen LogP contribution in [0.3, 0.4) is 0 Å². The number of nitrogens with zero attached hydrogens (tertiary/aromatic N) is 2. The number of rotatable bonds is 4. The summed E-state index contributed by atoms with van der Waals surface area (Å²) in [6.45, 7) is 4.44. The van der Waals surface area contributed by atoms with E-state index < -0.39 is 10.0 Å². The van der Waals surface area contributed by atoms with Gasteiger partial charge in [-0.3, -0.25) is 4.79 Å². The van der Waals surface area contributed by atoms with Gasteiger partial charge in [0, 0.05) is 41.8 Å². The minimum atomic E-state index is -3.59. The first kappa shape index (κ1) is 20.9. The normalized spacial score (nSPS) is 22.8. The van der Waals surface area contributed by atoms with E-state index >= 15 is 0 Å². The lowest BCUT2D eigenvalue weighted by Gasteiger charge is -2.37. The summed E-state index contributed by atoms with van der Waals surface area (Å²) in [6, 6.07) is 4.96. The molecule has 1 aromatic carbocycles. The van der Waals surface area contributed by atoms with E-state index in [1.165, 1.54) is 4.31 Å². The molecule has 2 aliphatic rings. The fourth-order valence-electron chi connectivity index (χ4n) is 3.83. The highest BCUT2D eigenvalue weighted by molar-refractivity contribution is 7.88. The Morgan fingerprint density at radius 3 is 2.37 bits per heavy atom. The largest absolute Gasteiger partial charge is 0.342 e. The second-order valence-electron chi connectivity index (χ2n) is 7.66. The van der Waals surface area contributed by atoms with Crippen LogP contribution in [-0.4, -0.2) is 49.7 Å². The highest BCUT2D eigenvalue weighted by Crippen LogP contribution is 2.29. The minimum absolute atomic E-state index is 0.0950. The maximum Gasteiger partial charge on any atom is 0.227 e. The van der Waals surface area contributed by atoms with Crippen molar-refractivity contribution in [1.82, 2.24) is 9.21 Å². The molecule has 0 bridgehead atoms. The van der Waals surface area contributed by atoms with Crippen LogP contribution in [0.5, 0.6) is 0 Å². The lowest BCUT2D eigenvalue weighted by atomic mass is 9.94. The summed E-state index contributed by atoms with van der Waals surface area (Å²) >= 11 is 12.3. The van der Waals surface area contributed by atoms with E-state index in [2.05, 4.69) is 6.92 Å². The van der Waals surface area contributed by atoms with Crippen LogP contribution in [0.1, 0.15) is 38.2 Å². The zero-order valence-electron chi connectivity index (χ0n) is 15.5. The van der Waals surface area contributed by atoms with E-state index in [0.717, 1.165) is 32.4 Å². The average Bonchev–Trinajstić information content (AvgIpc) is 2.65. The highest BCUT2D eigenvalue weighted by Gasteiger charge is 2.35. The average molecular weight is 433 g/mol. The van der Waals surface area contributed by atoms with Crippen molar-refractivity contribution in [2.24, 2.45) is 11.8 Å². The van der Waals surface area contributed by atoms with Gasteiger partial charge in [-0.05, 0) is 43.7 Å². The molecule has 0 N–H and O–H groups in total. The molecule has 27 heavy (non-hydrogen) atoms. The summed E-state index contributed by atoms with van der Waals surface area (Å²) in [6.07, 6.45) is 3.47. The smallest absolute Gasteiger partial charge is 0.227 e. The molecule has 0 unspecified atom stereocenters. The Hall–Kier alpha value is -0.820. The SMILES string of the molecule is CC1CCN(C(=O)[C@@H]2CCCN(S(=O)(=O)Cc3c(Cl)cccc3Cl)C2)CC1. The van der Waals surface area contributed by atoms with Crippen molar-refractivity contribution in [3.8, 4) is 0 Å². The Morgan fingerprint density at radius 1 is 1.11 bits per heavy atom. The fourth-order valence-corrected chi connectivity index (χ4v) is 6.19. The number of benzene rings is 1. The molecular weight excluding hydrogens is 407 g/mol. The second kappa shape index (κ2) is 8.68. The molecular formula is C19H26Cl2N2O3S. The van der Waals surface area contributed by atoms with E-state index in [4.69, 9.17) is 23.2 Å². The third kappa shape index (κ3) is 4.97. The molecule has 0 aromatic heterocycles. The summed E-state index contributed by atoms with van der Waals surface area (Å²) in [5.74, 6) is 0.243. The maximum absolute atomic E-state index is 12.9. The Bertz CT molecular complexity index is 772. The van der Waals surface area contributed by atoms with Crippen LogP contribution in [0.4, 0.5) is 0 Å². The fraction of sp³-hybridized carbons (Fsp3) is 0.632. The van der Waals surface area contributed by atoms with Gasteiger partial charge in [0.2, 0.25) is 15.9 Å². The van der Waals surface area contributed by atoms with Crippen LogP contribution in [-0.2, 0) is 20.6 Å². The molecule has 2 aliphatic heterocycles. The lowest BCUT2D eigenvalue weighted by Crippen LogP contribution is -2.48. The van der Waals surface area contributed by atoms with Crippen LogP contribution in [0, 0.1) is 11.8 Å². The van der Waals surface area contributed by atoms with Crippen molar-refractivity contribution in [3.63, 3.8) is 0 Å². The molecule has 8 heteroatoms. The van der Waals surface area contributed by atoms with Crippen LogP contribution in [0.2, 0.25) is 10.0 Å². The first-order valence-electron chi connectivity index (χ1n) is 9.47. The van der Waals surface area contributed by atoms with E-state index in [1.54, 1.807) is 18.2 Å². The predicted molar refractivity (Wildman–Crippen MR) is 108 cm³/mol. The number of halogens is 2. The molecule has 2 fully saturated rings. The summed E-state index contributed by atoms with van der Waals surface area (Å²) in [5.41, 5.74) is 0.416. The number of carbonyl (C=O) groups excluding carboxylic acids is 1. The third-order valence-corrected chi connectivity index (χ3v) is 8.09. The topological polar surface area (TPSA) is 57.7 Å². The molecule has 5 nitrogen and oxygen atoms in total. The number of hydrogen-bond acceptors (Lipinski definition) is 3. The predicted octanol–water partition coefficient (Wildman–Crippen LogP) is 3.79. The van der Waals surface area contributed by atoms with Crippen LogP contribution in [0.15, 0.2) is 18.2 Å². The summed E-state index contributed by atoms with van der Waals surface area (Å²) in [7, 11) is -3.59. The maximum atomic E-state index is 12.9. The van der Waals surface area contributed by atoms with Gasteiger partial charge in [-0.15, -0.1) is 0 Å². The lowest BCUT2D eigenvalue weighted by molar-refractivity contribution is -0.138. The van der Waals surface area contributed by atoms with Crippen LogP contribution >= 0.6 is 23.2 Å². The standard InChI is InChI=1S/C19H26Cl2N2O3S/c1-14-7-10-22(11-8-14)19(24)15-4-3-9-23(12-15)27(25,26)13-16-17(20)5-2-6-18(16)21/h2,5-6,14-15H,3-4,7-13H2,1H3/t15-/m1/s1.